The molecule has 1 amide bonds. The fraction of sp³-hybridized carbons (Fsp3) is 0.350. The zero-order chi connectivity index (χ0) is 21.9. The van der Waals surface area contributed by atoms with Gasteiger partial charge in [-0.2, -0.15) is 0 Å². The first-order chi connectivity index (χ1) is 14.3. The van der Waals surface area contributed by atoms with Gasteiger partial charge in [-0.05, 0) is 42.8 Å². The van der Waals surface area contributed by atoms with Crippen molar-refractivity contribution in [3.8, 4) is 11.5 Å². The van der Waals surface area contributed by atoms with Crippen LogP contribution >= 0.6 is 11.6 Å². The maximum atomic E-state index is 13.1. The Balaban J connectivity index is 1.86. The first kappa shape index (κ1) is 22.4. The molecule has 0 atom stereocenters. The average Bonchev–Trinajstić information content (AvgIpc) is 2.76. The van der Waals surface area contributed by atoms with E-state index in [0.717, 1.165) is 5.56 Å². The molecule has 1 aliphatic rings. The van der Waals surface area contributed by atoms with Crippen LogP contribution in [0.25, 0.3) is 0 Å². The van der Waals surface area contributed by atoms with Gasteiger partial charge >= 0.3 is 0 Å². The minimum Gasteiger partial charge on any atom is -0.486 e. The SMILES string of the molecule is CCN(Cc1ccc2c(c1)OCCO2)C(=O)c1ccc(Cl)c(S(=O)(=O)N(C)OC)c1. The van der Waals surface area contributed by atoms with Gasteiger partial charge in [0.1, 0.15) is 18.1 Å². The molecule has 2 aromatic rings. The number of hydroxylamine groups is 1. The summed E-state index contributed by atoms with van der Waals surface area (Å²) in [5, 5.41) is 0.00494. The lowest BCUT2D eigenvalue weighted by molar-refractivity contribution is -0.0258. The van der Waals surface area contributed by atoms with Crippen molar-refractivity contribution >= 4 is 27.5 Å². The van der Waals surface area contributed by atoms with Crippen molar-refractivity contribution in [2.75, 3.05) is 33.9 Å². The number of ether oxygens (including phenoxy) is 2. The fourth-order valence-corrected chi connectivity index (χ4v) is 4.46. The monoisotopic (exact) mass is 454 g/mol. The van der Waals surface area contributed by atoms with Crippen LogP contribution in [-0.2, 0) is 21.4 Å². The number of carbonyl (C=O) groups is 1. The van der Waals surface area contributed by atoms with Crippen molar-refractivity contribution in [2.45, 2.75) is 18.4 Å². The maximum absolute atomic E-state index is 13.1. The Morgan fingerprint density at radius 3 is 2.50 bits per heavy atom. The van der Waals surface area contributed by atoms with Crippen LogP contribution in [0.4, 0.5) is 0 Å². The van der Waals surface area contributed by atoms with Crippen LogP contribution in [0.15, 0.2) is 41.3 Å². The van der Waals surface area contributed by atoms with Gasteiger partial charge in [0.15, 0.2) is 11.5 Å². The normalized spacial score (nSPS) is 13.4. The molecule has 1 heterocycles. The third-order valence-corrected chi connectivity index (χ3v) is 6.86. The van der Waals surface area contributed by atoms with E-state index in [-0.39, 0.29) is 21.4 Å². The lowest BCUT2D eigenvalue weighted by Crippen LogP contribution is -2.31. The third kappa shape index (κ3) is 4.54. The Kier molecular flexibility index (Phi) is 6.87. The van der Waals surface area contributed by atoms with Crippen LogP contribution in [-0.4, -0.2) is 57.6 Å². The number of fused-ring (bicyclic) bond motifs is 1. The van der Waals surface area contributed by atoms with Gasteiger partial charge in [0.2, 0.25) is 0 Å². The minimum absolute atomic E-state index is 0.00494. The highest BCUT2D eigenvalue weighted by Gasteiger charge is 2.26. The van der Waals surface area contributed by atoms with E-state index in [1.165, 1.54) is 32.4 Å². The molecule has 3 rings (SSSR count). The lowest BCUT2D eigenvalue weighted by atomic mass is 10.1. The third-order valence-electron chi connectivity index (χ3n) is 4.70. The Labute approximate surface area is 180 Å². The van der Waals surface area contributed by atoms with Crippen LogP contribution in [0, 0.1) is 0 Å². The van der Waals surface area contributed by atoms with E-state index >= 15 is 0 Å². The molecule has 0 saturated heterocycles. The van der Waals surface area contributed by atoms with Crippen molar-refractivity contribution in [3.05, 3.63) is 52.5 Å². The van der Waals surface area contributed by atoms with E-state index in [2.05, 4.69) is 0 Å². The minimum atomic E-state index is -4.00. The molecular weight excluding hydrogens is 432 g/mol. The van der Waals surface area contributed by atoms with Crippen LogP contribution in [0.5, 0.6) is 11.5 Å². The van der Waals surface area contributed by atoms with Gasteiger partial charge in [0.05, 0.1) is 12.1 Å². The number of hydrogen-bond donors (Lipinski definition) is 0. The zero-order valence-electron chi connectivity index (χ0n) is 16.9. The van der Waals surface area contributed by atoms with Crippen molar-refractivity contribution in [3.63, 3.8) is 0 Å². The van der Waals surface area contributed by atoms with Gasteiger partial charge in [-0.15, -0.1) is 0 Å². The van der Waals surface area contributed by atoms with Gasteiger partial charge in [0.25, 0.3) is 15.9 Å². The first-order valence-electron chi connectivity index (χ1n) is 9.28. The molecule has 0 radical (unpaired) electrons. The topological polar surface area (TPSA) is 85.4 Å². The molecule has 0 aromatic heterocycles. The highest BCUT2D eigenvalue weighted by molar-refractivity contribution is 7.89. The number of nitrogens with zero attached hydrogens (tertiary/aromatic N) is 2. The Hall–Kier alpha value is -2.33. The smallest absolute Gasteiger partial charge is 0.266 e. The summed E-state index contributed by atoms with van der Waals surface area (Å²) < 4.78 is 37.0. The summed E-state index contributed by atoms with van der Waals surface area (Å²) in [5.41, 5.74) is 1.08. The predicted molar refractivity (Wildman–Crippen MR) is 111 cm³/mol. The van der Waals surface area contributed by atoms with Gasteiger partial charge < -0.3 is 14.4 Å². The first-order valence-corrected chi connectivity index (χ1v) is 11.1. The average molecular weight is 455 g/mol. The number of hydrogen-bond acceptors (Lipinski definition) is 6. The van der Waals surface area contributed by atoms with Crippen molar-refractivity contribution < 1.29 is 27.5 Å². The van der Waals surface area contributed by atoms with Crippen molar-refractivity contribution in [1.82, 2.24) is 9.37 Å². The summed E-state index contributed by atoms with van der Waals surface area (Å²) in [6.45, 7) is 3.59. The molecule has 0 spiro atoms. The van der Waals surface area contributed by atoms with E-state index in [1.54, 1.807) is 4.90 Å². The molecule has 0 fully saturated rings. The number of benzene rings is 2. The summed E-state index contributed by atoms with van der Waals surface area (Å²) in [5.74, 6) is 1.000. The van der Waals surface area contributed by atoms with Crippen molar-refractivity contribution in [1.29, 1.82) is 0 Å². The number of amides is 1. The summed E-state index contributed by atoms with van der Waals surface area (Å²) in [6.07, 6.45) is 0. The second-order valence-corrected chi connectivity index (χ2v) is 8.85. The Morgan fingerprint density at radius 2 is 1.83 bits per heavy atom. The van der Waals surface area contributed by atoms with Crippen LogP contribution in [0.2, 0.25) is 5.02 Å². The van der Waals surface area contributed by atoms with E-state index in [9.17, 15) is 13.2 Å². The second-order valence-electron chi connectivity index (χ2n) is 6.54. The number of halogens is 1. The molecule has 1 aliphatic heterocycles. The summed E-state index contributed by atoms with van der Waals surface area (Å²) in [7, 11) is -1.52. The van der Waals surface area contributed by atoms with Crippen LogP contribution in [0.3, 0.4) is 0 Å². The molecular formula is C20H23ClN2O6S. The summed E-state index contributed by atoms with van der Waals surface area (Å²) >= 11 is 6.09. The molecule has 0 saturated carbocycles. The quantitative estimate of drug-likeness (QED) is 0.598. The van der Waals surface area contributed by atoms with Crippen LogP contribution < -0.4 is 9.47 Å². The van der Waals surface area contributed by atoms with E-state index in [4.69, 9.17) is 25.9 Å². The van der Waals surface area contributed by atoms with Gasteiger partial charge in [0, 0.05) is 25.7 Å². The van der Waals surface area contributed by atoms with Gasteiger partial charge in [-0.3, -0.25) is 9.63 Å². The number of carbonyl (C=O) groups excluding carboxylic acids is 1. The summed E-state index contributed by atoms with van der Waals surface area (Å²) in [4.78, 5) is 19.3. The number of rotatable bonds is 7. The van der Waals surface area contributed by atoms with E-state index < -0.39 is 10.0 Å². The predicted octanol–water partition coefficient (Wildman–Crippen LogP) is 2.96. The molecule has 10 heteroatoms. The molecule has 8 nitrogen and oxygen atoms in total. The van der Waals surface area contributed by atoms with Gasteiger partial charge in [-0.25, -0.2) is 8.42 Å². The molecule has 0 N–H and O–H groups in total. The van der Waals surface area contributed by atoms with E-state index in [0.29, 0.717) is 42.3 Å². The standard InChI is InChI=1S/C20H23ClN2O6S/c1-4-23(13-14-5-8-17-18(11-14)29-10-9-28-17)20(24)15-6-7-16(21)19(12-15)30(25,26)22(2)27-3/h5-8,11-12H,4,9-10,13H2,1-3H3. The fourth-order valence-electron chi connectivity index (χ4n) is 2.99. The molecule has 0 unspecified atom stereocenters. The Morgan fingerprint density at radius 1 is 1.13 bits per heavy atom. The molecule has 0 aliphatic carbocycles. The maximum Gasteiger partial charge on any atom is 0.266 e. The molecule has 30 heavy (non-hydrogen) atoms. The van der Waals surface area contributed by atoms with Crippen LogP contribution in [0.1, 0.15) is 22.8 Å². The highest BCUT2D eigenvalue weighted by atomic mass is 35.5. The zero-order valence-corrected chi connectivity index (χ0v) is 18.5. The molecule has 2 aromatic carbocycles. The highest BCUT2D eigenvalue weighted by Crippen LogP contribution is 2.31. The summed E-state index contributed by atoms with van der Waals surface area (Å²) in [6, 6.07) is 9.69. The van der Waals surface area contributed by atoms with E-state index in [1.807, 2.05) is 25.1 Å². The number of sulfonamides is 1. The van der Waals surface area contributed by atoms with Gasteiger partial charge in [-0.1, -0.05) is 22.1 Å². The Bertz CT molecular complexity index is 1040. The lowest BCUT2D eigenvalue weighted by Gasteiger charge is -2.23. The second kappa shape index (κ2) is 9.22. The molecule has 162 valence electrons. The van der Waals surface area contributed by atoms with Crippen molar-refractivity contribution in [2.24, 2.45) is 0 Å². The largest absolute Gasteiger partial charge is 0.486 e. The molecule has 0 bridgehead atoms.